The lowest BCUT2D eigenvalue weighted by atomic mass is 10.1. The number of methoxy groups -OCH3 is 2. The van der Waals surface area contributed by atoms with Crippen molar-refractivity contribution >= 4 is 50.3 Å². The van der Waals surface area contributed by atoms with Crippen molar-refractivity contribution in [2.45, 2.75) is 11.3 Å². The van der Waals surface area contributed by atoms with Crippen LogP contribution in [0, 0.1) is 0 Å². The van der Waals surface area contributed by atoms with Crippen LogP contribution >= 0.6 is 24.0 Å². The van der Waals surface area contributed by atoms with Gasteiger partial charge < -0.3 is 13.9 Å². The zero-order chi connectivity index (χ0) is 25.2. The molecular weight excluding hydrogens is 508 g/mol. The van der Waals surface area contributed by atoms with E-state index in [9.17, 15) is 13.2 Å². The van der Waals surface area contributed by atoms with Gasteiger partial charge in [-0.1, -0.05) is 30.0 Å². The number of furan rings is 1. The van der Waals surface area contributed by atoms with E-state index in [1.165, 1.54) is 23.9 Å². The van der Waals surface area contributed by atoms with E-state index in [0.29, 0.717) is 50.8 Å². The number of primary sulfonamides is 1. The molecule has 0 unspecified atom stereocenters. The summed E-state index contributed by atoms with van der Waals surface area (Å²) in [4.78, 5) is 15.0. The molecule has 2 aromatic carbocycles. The minimum Gasteiger partial charge on any atom is -0.493 e. The second-order valence-corrected chi connectivity index (χ2v) is 10.8. The number of carbonyl (C=O) groups excluding carboxylic acids is 1. The predicted molar refractivity (Wildman–Crippen MR) is 139 cm³/mol. The largest absolute Gasteiger partial charge is 0.493 e. The number of hydrogen-bond donors (Lipinski definition) is 1. The number of carbonyl (C=O) groups is 1. The fourth-order valence-electron chi connectivity index (χ4n) is 3.49. The Morgan fingerprint density at radius 3 is 2.43 bits per heavy atom. The first-order chi connectivity index (χ1) is 16.7. The molecule has 0 spiro atoms. The summed E-state index contributed by atoms with van der Waals surface area (Å²) in [6.45, 7) is 0.428. The number of benzene rings is 2. The molecule has 1 aliphatic rings. The van der Waals surface area contributed by atoms with Crippen LogP contribution in [0.5, 0.6) is 11.5 Å². The Morgan fingerprint density at radius 1 is 1.06 bits per heavy atom. The average Bonchev–Trinajstić information content (AvgIpc) is 3.41. The molecule has 1 aliphatic heterocycles. The predicted octanol–water partition coefficient (Wildman–Crippen LogP) is 4.06. The van der Waals surface area contributed by atoms with Gasteiger partial charge in [0.25, 0.3) is 5.91 Å². The molecule has 2 heterocycles. The van der Waals surface area contributed by atoms with Gasteiger partial charge in [-0.3, -0.25) is 9.69 Å². The summed E-state index contributed by atoms with van der Waals surface area (Å²) in [7, 11) is -0.611. The van der Waals surface area contributed by atoms with Crippen LogP contribution in [0.4, 0.5) is 0 Å². The minimum absolute atomic E-state index is 0.0183. The third-order valence-corrected chi connectivity index (χ3v) is 7.62. The third-order valence-electron chi connectivity index (χ3n) is 5.31. The SMILES string of the molecule is COc1ccc(CCN2C(=O)C(=Cc3ccc(-c4ccc(S(N)(=O)=O)cc4)o3)SC2=S)cc1OC. The van der Waals surface area contributed by atoms with Gasteiger partial charge in [-0.15, -0.1) is 0 Å². The summed E-state index contributed by atoms with van der Waals surface area (Å²) >= 11 is 6.65. The quantitative estimate of drug-likeness (QED) is 0.343. The molecule has 1 amide bonds. The van der Waals surface area contributed by atoms with Crippen LogP contribution in [0.15, 0.2) is 68.8 Å². The van der Waals surface area contributed by atoms with Gasteiger partial charge >= 0.3 is 0 Å². The first-order valence-corrected chi connectivity index (χ1v) is 13.2. The summed E-state index contributed by atoms with van der Waals surface area (Å²) in [5, 5.41) is 5.14. The number of amides is 1. The van der Waals surface area contributed by atoms with E-state index in [-0.39, 0.29) is 10.8 Å². The lowest BCUT2D eigenvalue weighted by molar-refractivity contribution is -0.122. The standard InChI is InChI=1S/C24H22N2O6S3/c1-30-20-9-3-15(13-21(20)31-2)11-12-26-23(27)22(34-24(26)33)14-17-6-10-19(32-17)16-4-7-18(8-5-16)35(25,28)29/h3-10,13-14H,11-12H2,1-2H3,(H2,25,28,29). The molecule has 1 saturated heterocycles. The highest BCUT2D eigenvalue weighted by Crippen LogP contribution is 2.34. The average molecular weight is 531 g/mol. The van der Waals surface area contributed by atoms with Crippen molar-refractivity contribution in [3.8, 4) is 22.8 Å². The normalized spacial score (nSPS) is 15.2. The fraction of sp³-hybridized carbons (Fsp3) is 0.167. The molecule has 0 aliphatic carbocycles. The molecule has 0 radical (unpaired) electrons. The number of sulfonamides is 1. The Kier molecular flexibility index (Phi) is 7.31. The molecule has 0 atom stereocenters. The minimum atomic E-state index is -3.77. The molecule has 2 N–H and O–H groups in total. The van der Waals surface area contributed by atoms with Crippen LogP contribution in [-0.2, 0) is 21.2 Å². The Labute approximate surface area is 212 Å². The second kappa shape index (κ2) is 10.2. The smallest absolute Gasteiger partial charge is 0.266 e. The molecule has 0 bridgehead atoms. The molecule has 4 rings (SSSR count). The van der Waals surface area contributed by atoms with Gasteiger partial charge in [-0.25, -0.2) is 13.6 Å². The van der Waals surface area contributed by atoms with E-state index in [1.807, 2.05) is 18.2 Å². The van der Waals surface area contributed by atoms with Crippen molar-refractivity contribution in [2.75, 3.05) is 20.8 Å². The van der Waals surface area contributed by atoms with Crippen molar-refractivity contribution in [2.24, 2.45) is 5.14 Å². The zero-order valence-electron chi connectivity index (χ0n) is 18.9. The number of thioether (sulfide) groups is 1. The maximum Gasteiger partial charge on any atom is 0.266 e. The lowest BCUT2D eigenvalue weighted by Gasteiger charge is -2.15. The van der Waals surface area contributed by atoms with E-state index < -0.39 is 10.0 Å². The molecule has 3 aromatic rings. The van der Waals surface area contributed by atoms with Crippen molar-refractivity contribution in [1.29, 1.82) is 0 Å². The van der Waals surface area contributed by atoms with Gasteiger partial charge in [0.1, 0.15) is 15.8 Å². The Morgan fingerprint density at radius 2 is 1.77 bits per heavy atom. The van der Waals surface area contributed by atoms with Crippen molar-refractivity contribution in [3.05, 3.63) is 70.8 Å². The number of nitrogens with zero attached hydrogens (tertiary/aromatic N) is 1. The highest BCUT2D eigenvalue weighted by molar-refractivity contribution is 8.26. The molecular formula is C24H22N2O6S3. The van der Waals surface area contributed by atoms with E-state index in [4.69, 9.17) is 31.2 Å². The monoisotopic (exact) mass is 530 g/mol. The van der Waals surface area contributed by atoms with E-state index in [2.05, 4.69) is 0 Å². The Hall–Kier alpha value is -3.12. The molecule has 1 aromatic heterocycles. The molecule has 8 nitrogen and oxygen atoms in total. The Balaban J connectivity index is 1.45. The van der Waals surface area contributed by atoms with Crippen LogP contribution in [0.3, 0.4) is 0 Å². The zero-order valence-corrected chi connectivity index (χ0v) is 21.3. The topological polar surface area (TPSA) is 112 Å². The van der Waals surface area contributed by atoms with Crippen LogP contribution in [0.1, 0.15) is 11.3 Å². The number of ether oxygens (including phenoxy) is 2. The van der Waals surface area contributed by atoms with Crippen LogP contribution in [0.2, 0.25) is 0 Å². The molecule has 11 heteroatoms. The first kappa shape index (κ1) is 25.0. The van der Waals surface area contributed by atoms with Gasteiger partial charge in [-0.2, -0.15) is 0 Å². The summed E-state index contributed by atoms with van der Waals surface area (Å²) in [6.07, 6.45) is 2.25. The lowest BCUT2D eigenvalue weighted by Crippen LogP contribution is -2.30. The highest BCUT2D eigenvalue weighted by atomic mass is 32.2. The molecule has 1 fully saturated rings. The number of rotatable bonds is 8. The van der Waals surface area contributed by atoms with Crippen LogP contribution in [-0.4, -0.2) is 44.3 Å². The highest BCUT2D eigenvalue weighted by Gasteiger charge is 2.32. The third kappa shape index (κ3) is 5.59. The van der Waals surface area contributed by atoms with Gasteiger partial charge in [-0.05, 0) is 60.5 Å². The Bertz CT molecular complexity index is 1410. The second-order valence-electron chi connectivity index (χ2n) is 7.54. The van der Waals surface area contributed by atoms with Crippen LogP contribution in [0.25, 0.3) is 17.4 Å². The van der Waals surface area contributed by atoms with Crippen LogP contribution < -0.4 is 14.6 Å². The fourth-order valence-corrected chi connectivity index (χ4v) is 5.30. The van der Waals surface area contributed by atoms with Crippen molar-refractivity contribution < 1.29 is 27.1 Å². The van der Waals surface area contributed by atoms with E-state index >= 15 is 0 Å². The molecule has 182 valence electrons. The maximum atomic E-state index is 13.0. The summed E-state index contributed by atoms with van der Waals surface area (Å²) in [5.41, 5.74) is 1.67. The summed E-state index contributed by atoms with van der Waals surface area (Å²) < 4.78 is 39.8. The van der Waals surface area contributed by atoms with Crippen molar-refractivity contribution in [3.63, 3.8) is 0 Å². The van der Waals surface area contributed by atoms with Gasteiger partial charge in [0.2, 0.25) is 10.0 Å². The first-order valence-electron chi connectivity index (χ1n) is 10.4. The summed E-state index contributed by atoms with van der Waals surface area (Å²) in [5.74, 6) is 2.10. The van der Waals surface area contributed by atoms with E-state index in [1.54, 1.807) is 49.5 Å². The van der Waals surface area contributed by atoms with Crippen molar-refractivity contribution in [1.82, 2.24) is 4.90 Å². The van der Waals surface area contributed by atoms with Gasteiger partial charge in [0, 0.05) is 18.2 Å². The summed E-state index contributed by atoms with van der Waals surface area (Å²) in [6, 6.07) is 15.2. The molecule has 0 saturated carbocycles. The maximum absolute atomic E-state index is 13.0. The van der Waals surface area contributed by atoms with E-state index in [0.717, 1.165) is 5.56 Å². The number of hydrogen-bond acceptors (Lipinski definition) is 8. The van der Waals surface area contributed by atoms with Gasteiger partial charge in [0.05, 0.1) is 24.0 Å². The number of thiocarbonyl (C=S) groups is 1. The number of nitrogens with two attached hydrogens (primary N) is 1. The van der Waals surface area contributed by atoms with Gasteiger partial charge in [0.15, 0.2) is 11.5 Å². The molecule has 35 heavy (non-hydrogen) atoms.